The minimum atomic E-state index is -4.43. The van der Waals surface area contributed by atoms with Crippen molar-refractivity contribution in [2.24, 2.45) is 0 Å². The van der Waals surface area contributed by atoms with Gasteiger partial charge in [-0.05, 0) is 37.5 Å². The standard InChI is InChI=1S/C14H15F3N2O/c1-20-11-4-3-10(7-11)19-13-6-9(8-18)2-5-12(13)14(15,16)17/h2,5-6,10-11,19H,3-4,7H2,1H3. The Bertz CT molecular complexity index is 522. The average Bonchev–Trinajstić information content (AvgIpc) is 2.85. The second kappa shape index (κ2) is 5.71. The number of nitrogens with one attached hydrogen (secondary N) is 1. The lowest BCUT2D eigenvalue weighted by Crippen LogP contribution is -2.20. The van der Waals surface area contributed by atoms with Crippen LogP contribution in [0.25, 0.3) is 0 Å². The van der Waals surface area contributed by atoms with Crippen LogP contribution in [0.2, 0.25) is 0 Å². The number of alkyl halides is 3. The van der Waals surface area contributed by atoms with E-state index in [2.05, 4.69) is 5.32 Å². The summed E-state index contributed by atoms with van der Waals surface area (Å²) in [6, 6.07) is 5.18. The summed E-state index contributed by atoms with van der Waals surface area (Å²) in [7, 11) is 1.60. The number of rotatable bonds is 3. The van der Waals surface area contributed by atoms with Crippen molar-refractivity contribution in [3.05, 3.63) is 29.3 Å². The molecule has 0 radical (unpaired) electrons. The van der Waals surface area contributed by atoms with E-state index in [9.17, 15) is 13.2 Å². The van der Waals surface area contributed by atoms with Crippen molar-refractivity contribution in [3.8, 4) is 6.07 Å². The minimum Gasteiger partial charge on any atom is -0.382 e. The molecule has 1 fully saturated rings. The van der Waals surface area contributed by atoms with Gasteiger partial charge in [-0.25, -0.2) is 0 Å². The van der Waals surface area contributed by atoms with Gasteiger partial charge >= 0.3 is 6.18 Å². The third-order valence-corrected chi connectivity index (χ3v) is 3.53. The Hall–Kier alpha value is -1.74. The van der Waals surface area contributed by atoms with Gasteiger partial charge in [-0.3, -0.25) is 0 Å². The van der Waals surface area contributed by atoms with E-state index in [1.807, 2.05) is 6.07 Å². The first kappa shape index (κ1) is 14.7. The zero-order valence-electron chi connectivity index (χ0n) is 11.0. The van der Waals surface area contributed by atoms with Crippen LogP contribution >= 0.6 is 0 Å². The Morgan fingerprint density at radius 2 is 2.10 bits per heavy atom. The van der Waals surface area contributed by atoms with Gasteiger partial charge in [-0.2, -0.15) is 18.4 Å². The first-order chi connectivity index (χ1) is 9.44. The Balaban J connectivity index is 2.23. The highest BCUT2D eigenvalue weighted by molar-refractivity contribution is 5.57. The molecule has 0 heterocycles. The highest BCUT2D eigenvalue weighted by atomic mass is 19.4. The highest BCUT2D eigenvalue weighted by Gasteiger charge is 2.35. The molecule has 0 aliphatic heterocycles. The number of halogens is 3. The van der Waals surface area contributed by atoms with Crippen LogP contribution in [0.1, 0.15) is 30.4 Å². The van der Waals surface area contributed by atoms with E-state index < -0.39 is 11.7 Å². The highest BCUT2D eigenvalue weighted by Crippen LogP contribution is 2.36. The average molecular weight is 284 g/mol. The van der Waals surface area contributed by atoms with Gasteiger partial charge in [0.1, 0.15) is 0 Å². The van der Waals surface area contributed by atoms with E-state index in [1.54, 1.807) is 7.11 Å². The lowest BCUT2D eigenvalue weighted by Gasteiger charge is -2.19. The van der Waals surface area contributed by atoms with Gasteiger partial charge in [0, 0.05) is 18.8 Å². The lowest BCUT2D eigenvalue weighted by atomic mass is 10.1. The maximum Gasteiger partial charge on any atom is 0.418 e. The Morgan fingerprint density at radius 3 is 2.65 bits per heavy atom. The van der Waals surface area contributed by atoms with Gasteiger partial charge in [0.25, 0.3) is 0 Å². The molecule has 1 saturated carbocycles. The number of ether oxygens (including phenoxy) is 1. The van der Waals surface area contributed by atoms with Gasteiger partial charge in [-0.1, -0.05) is 0 Å². The molecule has 1 aliphatic carbocycles. The van der Waals surface area contributed by atoms with Crippen LogP contribution in [-0.4, -0.2) is 19.3 Å². The van der Waals surface area contributed by atoms with Crippen molar-refractivity contribution in [3.63, 3.8) is 0 Å². The number of hydrogen-bond donors (Lipinski definition) is 1. The molecule has 1 N–H and O–H groups in total. The predicted octanol–water partition coefficient (Wildman–Crippen LogP) is 3.56. The van der Waals surface area contributed by atoms with Crippen LogP contribution in [0.5, 0.6) is 0 Å². The van der Waals surface area contributed by atoms with Crippen LogP contribution in [0.4, 0.5) is 18.9 Å². The molecule has 3 nitrogen and oxygen atoms in total. The maximum absolute atomic E-state index is 13.0. The number of hydrogen-bond acceptors (Lipinski definition) is 3. The number of nitrogens with zero attached hydrogens (tertiary/aromatic N) is 1. The monoisotopic (exact) mass is 284 g/mol. The minimum absolute atomic E-state index is 0.0293. The molecule has 1 aliphatic rings. The molecule has 1 aromatic rings. The summed E-state index contributed by atoms with van der Waals surface area (Å²) in [5.41, 5.74) is -0.558. The fourth-order valence-electron chi connectivity index (χ4n) is 2.49. The van der Waals surface area contributed by atoms with E-state index in [0.717, 1.165) is 18.9 Å². The quantitative estimate of drug-likeness (QED) is 0.923. The molecule has 2 unspecified atom stereocenters. The molecule has 0 saturated heterocycles. The van der Waals surface area contributed by atoms with E-state index in [-0.39, 0.29) is 23.4 Å². The third kappa shape index (κ3) is 3.23. The fourth-order valence-corrected chi connectivity index (χ4v) is 2.49. The summed E-state index contributed by atoms with van der Waals surface area (Å²) in [4.78, 5) is 0. The second-order valence-electron chi connectivity index (χ2n) is 4.88. The summed E-state index contributed by atoms with van der Waals surface area (Å²) in [5, 5.41) is 11.7. The lowest BCUT2D eigenvalue weighted by molar-refractivity contribution is -0.137. The number of benzene rings is 1. The SMILES string of the molecule is COC1CCC(Nc2cc(C#N)ccc2C(F)(F)F)C1. The van der Waals surface area contributed by atoms with Gasteiger partial charge in [0.15, 0.2) is 0 Å². The molecule has 1 aromatic carbocycles. The molecule has 0 bridgehead atoms. The van der Waals surface area contributed by atoms with E-state index in [1.165, 1.54) is 12.1 Å². The van der Waals surface area contributed by atoms with Crippen molar-refractivity contribution in [2.45, 2.75) is 37.6 Å². The van der Waals surface area contributed by atoms with Gasteiger partial charge in [-0.15, -0.1) is 0 Å². The number of nitriles is 1. The molecule has 2 atom stereocenters. The van der Waals surface area contributed by atoms with Crippen LogP contribution in [0, 0.1) is 11.3 Å². The fraction of sp³-hybridized carbons (Fsp3) is 0.500. The molecule has 20 heavy (non-hydrogen) atoms. The molecule has 108 valence electrons. The third-order valence-electron chi connectivity index (χ3n) is 3.53. The van der Waals surface area contributed by atoms with Gasteiger partial charge < -0.3 is 10.1 Å². The van der Waals surface area contributed by atoms with Crippen LogP contribution in [0.3, 0.4) is 0 Å². The first-order valence-electron chi connectivity index (χ1n) is 6.34. The van der Waals surface area contributed by atoms with Crippen LogP contribution in [-0.2, 0) is 10.9 Å². The largest absolute Gasteiger partial charge is 0.418 e. The van der Waals surface area contributed by atoms with E-state index in [0.29, 0.717) is 6.42 Å². The summed E-state index contributed by atoms with van der Waals surface area (Å²) in [6.07, 6.45) is -2.10. The molecule has 6 heteroatoms. The molecule has 0 aromatic heterocycles. The summed E-state index contributed by atoms with van der Waals surface area (Å²) >= 11 is 0. The normalized spacial score (nSPS) is 22.6. The number of methoxy groups -OCH3 is 1. The zero-order valence-corrected chi connectivity index (χ0v) is 11.0. The van der Waals surface area contributed by atoms with E-state index >= 15 is 0 Å². The summed E-state index contributed by atoms with van der Waals surface area (Å²) in [6.45, 7) is 0. The Morgan fingerprint density at radius 1 is 1.35 bits per heavy atom. The van der Waals surface area contributed by atoms with Crippen molar-refractivity contribution in [1.82, 2.24) is 0 Å². The molecule has 0 spiro atoms. The van der Waals surface area contributed by atoms with Crippen molar-refractivity contribution >= 4 is 5.69 Å². The maximum atomic E-state index is 13.0. The Kier molecular flexibility index (Phi) is 4.19. The van der Waals surface area contributed by atoms with E-state index in [4.69, 9.17) is 10.00 Å². The van der Waals surface area contributed by atoms with Gasteiger partial charge in [0.05, 0.1) is 23.3 Å². The molecular formula is C14H15F3N2O. The van der Waals surface area contributed by atoms with Crippen LogP contribution in [0.15, 0.2) is 18.2 Å². The topological polar surface area (TPSA) is 45.0 Å². The first-order valence-corrected chi connectivity index (χ1v) is 6.34. The Labute approximate surface area is 115 Å². The van der Waals surface area contributed by atoms with Gasteiger partial charge in [0.2, 0.25) is 0 Å². The number of anilines is 1. The second-order valence-corrected chi connectivity index (χ2v) is 4.88. The summed E-state index contributed by atoms with van der Waals surface area (Å²) < 4.78 is 44.1. The predicted molar refractivity (Wildman–Crippen MR) is 68.2 cm³/mol. The molecular weight excluding hydrogens is 269 g/mol. The zero-order chi connectivity index (χ0) is 14.8. The summed E-state index contributed by atoms with van der Waals surface area (Å²) in [5.74, 6) is 0. The molecule has 2 rings (SSSR count). The van der Waals surface area contributed by atoms with Crippen molar-refractivity contribution < 1.29 is 17.9 Å². The van der Waals surface area contributed by atoms with Crippen molar-refractivity contribution in [1.29, 1.82) is 5.26 Å². The molecule has 0 amide bonds. The smallest absolute Gasteiger partial charge is 0.382 e. The van der Waals surface area contributed by atoms with Crippen LogP contribution < -0.4 is 5.32 Å². The van der Waals surface area contributed by atoms with Crippen molar-refractivity contribution in [2.75, 3.05) is 12.4 Å².